The van der Waals surface area contributed by atoms with E-state index in [1.165, 1.54) is 0 Å². The largest absolute Gasteiger partial charge is 0.394 e. The van der Waals surface area contributed by atoms with Crippen LogP contribution in [-0.4, -0.2) is 23.3 Å². The van der Waals surface area contributed by atoms with E-state index in [0.717, 1.165) is 18.2 Å². The highest BCUT2D eigenvalue weighted by atomic mass is 19.1. The van der Waals surface area contributed by atoms with Gasteiger partial charge in [0.25, 0.3) is 0 Å². The first-order valence-corrected chi connectivity index (χ1v) is 4.99. The first kappa shape index (κ1) is 13.4. The summed E-state index contributed by atoms with van der Waals surface area (Å²) in [7, 11) is 0. The zero-order chi connectivity index (χ0) is 13.1. The molecule has 0 saturated carbocycles. The van der Waals surface area contributed by atoms with Crippen molar-refractivity contribution in [1.82, 2.24) is 5.32 Å². The minimum Gasteiger partial charge on any atom is -0.394 e. The maximum Gasteiger partial charge on any atom is 0.319 e. The van der Waals surface area contributed by atoms with Gasteiger partial charge in [0, 0.05) is 6.07 Å². The Morgan fingerprint density at radius 3 is 2.65 bits per heavy atom. The standard InChI is InChI=1S/C11H14F2N2O2/c1-11(2,6-16)15-10(17)14-9-5-7(12)3-4-8(9)13/h3-5,16H,6H2,1-2H3,(H2,14,15,17). The minimum atomic E-state index is -0.839. The van der Waals surface area contributed by atoms with Crippen molar-refractivity contribution in [2.45, 2.75) is 19.4 Å². The molecule has 0 atom stereocenters. The topological polar surface area (TPSA) is 61.4 Å². The van der Waals surface area contributed by atoms with Crippen molar-refractivity contribution in [3.8, 4) is 0 Å². The van der Waals surface area contributed by atoms with Crippen molar-refractivity contribution < 1.29 is 18.7 Å². The van der Waals surface area contributed by atoms with Crippen LogP contribution in [-0.2, 0) is 0 Å². The number of rotatable bonds is 3. The van der Waals surface area contributed by atoms with Crippen LogP contribution in [0.4, 0.5) is 19.3 Å². The molecule has 2 amide bonds. The Morgan fingerprint density at radius 2 is 2.06 bits per heavy atom. The van der Waals surface area contributed by atoms with Crippen LogP contribution in [0.1, 0.15) is 13.8 Å². The number of nitrogens with one attached hydrogen (secondary N) is 2. The molecule has 0 bridgehead atoms. The van der Waals surface area contributed by atoms with Gasteiger partial charge in [-0.05, 0) is 26.0 Å². The van der Waals surface area contributed by atoms with Crippen LogP contribution >= 0.6 is 0 Å². The minimum absolute atomic E-state index is 0.253. The Hall–Kier alpha value is -1.69. The number of carbonyl (C=O) groups is 1. The summed E-state index contributed by atoms with van der Waals surface area (Å²) in [5.74, 6) is -1.38. The number of amides is 2. The summed E-state index contributed by atoms with van der Waals surface area (Å²) in [6, 6.07) is 2.03. The predicted octanol–water partition coefficient (Wildman–Crippen LogP) is 1.86. The van der Waals surface area contributed by atoms with E-state index in [9.17, 15) is 13.6 Å². The zero-order valence-corrected chi connectivity index (χ0v) is 9.55. The van der Waals surface area contributed by atoms with Gasteiger partial charge in [-0.2, -0.15) is 0 Å². The van der Waals surface area contributed by atoms with E-state index in [-0.39, 0.29) is 12.3 Å². The number of hydrogen-bond acceptors (Lipinski definition) is 2. The van der Waals surface area contributed by atoms with Crippen LogP contribution in [0.2, 0.25) is 0 Å². The first-order valence-electron chi connectivity index (χ1n) is 4.99. The van der Waals surface area contributed by atoms with Crippen LogP contribution in [0.15, 0.2) is 18.2 Å². The number of anilines is 1. The van der Waals surface area contributed by atoms with Gasteiger partial charge in [0.15, 0.2) is 0 Å². The van der Waals surface area contributed by atoms with Gasteiger partial charge < -0.3 is 15.7 Å². The number of urea groups is 1. The van der Waals surface area contributed by atoms with Gasteiger partial charge in [0.1, 0.15) is 11.6 Å². The summed E-state index contributed by atoms with van der Waals surface area (Å²) in [6.07, 6.45) is 0. The first-order chi connectivity index (χ1) is 7.84. The number of benzene rings is 1. The highest BCUT2D eigenvalue weighted by Gasteiger charge is 2.19. The number of aliphatic hydroxyl groups excluding tert-OH is 1. The molecule has 1 aromatic carbocycles. The molecule has 94 valence electrons. The molecule has 0 unspecified atom stereocenters. The van der Waals surface area contributed by atoms with Crippen LogP contribution in [0.3, 0.4) is 0 Å². The molecular weight excluding hydrogens is 230 g/mol. The van der Waals surface area contributed by atoms with E-state index in [2.05, 4.69) is 10.6 Å². The van der Waals surface area contributed by atoms with Crippen molar-refractivity contribution >= 4 is 11.7 Å². The summed E-state index contributed by atoms with van der Waals surface area (Å²) in [5, 5.41) is 13.5. The molecule has 0 heterocycles. The average molecular weight is 244 g/mol. The summed E-state index contributed by atoms with van der Waals surface area (Å²) in [5.41, 5.74) is -1.09. The third-order valence-electron chi connectivity index (χ3n) is 2.02. The van der Waals surface area contributed by atoms with Crippen molar-refractivity contribution in [3.05, 3.63) is 29.8 Å². The molecule has 6 heteroatoms. The van der Waals surface area contributed by atoms with Gasteiger partial charge in [-0.25, -0.2) is 13.6 Å². The summed E-state index contributed by atoms with van der Waals surface area (Å²) >= 11 is 0. The normalized spacial score (nSPS) is 11.1. The lowest BCUT2D eigenvalue weighted by Crippen LogP contribution is -2.48. The molecule has 3 N–H and O–H groups in total. The third-order valence-corrected chi connectivity index (χ3v) is 2.02. The van der Waals surface area contributed by atoms with Gasteiger partial charge in [0.2, 0.25) is 0 Å². The van der Waals surface area contributed by atoms with Crippen molar-refractivity contribution in [2.75, 3.05) is 11.9 Å². The number of halogens is 2. The van der Waals surface area contributed by atoms with Gasteiger partial charge in [-0.1, -0.05) is 0 Å². The maximum absolute atomic E-state index is 13.2. The second-order valence-corrected chi connectivity index (χ2v) is 4.25. The van der Waals surface area contributed by atoms with Crippen LogP contribution in [0.5, 0.6) is 0 Å². The lowest BCUT2D eigenvalue weighted by atomic mass is 10.1. The van der Waals surface area contributed by atoms with E-state index < -0.39 is 23.2 Å². The smallest absolute Gasteiger partial charge is 0.319 e. The number of aliphatic hydroxyl groups is 1. The van der Waals surface area contributed by atoms with Crippen molar-refractivity contribution in [1.29, 1.82) is 0 Å². The van der Waals surface area contributed by atoms with Gasteiger partial charge in [-0.3, -0.25) is 0 Å². The molecule has 0 radical (unpaired) electrons. The fourth-order valence-electron chi connectivity index (χ4n) is 1.09. The highest BCUT2D eigenvalue weighted by molar-refractivity contribution is 5.89. The second kappa shape index (κ2) is 5.09. The summed E-state index contributed by atoms with van der Waals surface area (Å²) in [4.78, 5) is 11.4. The van der Waals surface area contributed by atoms with Crippen molar-refractivity contribution in [2.24, 2.45) is 0 Å². The monoisotopic (exact) mass is 244 g/mol. The molecule has 4 nitrogen and oxygen atoms in total. The average Bonchev–Trinajstić information content (AvgIpc) is 2.23. The van der Waals surface area contributed by atoms with Gasteiger partial charge >= 0.3 is 6.03 Å². The number of hydrogen-bond donors (Lipinski definition) is 3. The van der Waals surface area contributed by atoms with E-state index in [4.69, 9.17) is 5.11 Å². The Labute approximate surface area is 97.6 Å². The second-order valence-electron chi connectivity index (χ2n) is 4.25. The molecule has 0 fully saturated rings. The van der Waals surface area contributed by atoms with Gasteiger partial charge in [0.05, 0.1) is 17.8 Å². The molecule has 0 saturated heterocycles. The summed E-state index contributed by atoms with van der Waals surface area (Å²) < 4.78 is 26.0. The Kier molecular flexibility index (Phi) is 4.01. The third kappa shape index (κ3) is 3.99. The Balaban J connectivity index is 2.71. The molecule has 1 rings (SSSR count). The fourth-order valence-corrected chi connectivity index (χ4v) is 1.09. The summed E-state index contributed by atoms with van der Waals surface area (Å²) in [6.45, 7) is 2.91. The maximum atomic E-state index is 13.2. The molecule has 17 heavy (non-hydrogen) atoms. The fraction of sp³-hybridized carbons (Fsp3) is 0.364. The molecule has 0 aliphatic heterocycles. The molecule has 0 aliphatic rings. The van der Waals surface area contributed by atoms with E-state index in [0.29, 0.717) is 0 Å². The molecule has 0 aliphatic carbocycles. The van der Waals surface area contributed by atoms with Crippen LogP contribution < -0.4 is 10.6 Å². The zero-order valence-electron chi connectivity index (χ0n) is 9.55. The predicted molar refractivity (Wildman–Crippen MR) is 59.7 cm³/mol. The molecule has 0 aromatic heterocycles. The molecule has 0 spiro atoms. The SMILES string of the molecule is CC(C)(CO)NC(=O)Nc1cc(F)ccc1F. The van der Waals surface area contributed by atoms with E-state index >= 15 is 0 Å². The van der Waals surface area contributed by atoms with Gasteiger partial charge in [-0.15, -0.1) is 0 Å². The lowest BCUT2D eigenvalue weighted by Gasteiger charge is -2.23. The number of carbonyl (C=O) groups excluding carboxylic acids is 1. The van der Waals surface area contributed by atoms with E-state index in [1.807, 2.05) is 0 Å². The molecule has 1 aromatic rings. The van der Waals surface area contributed by atoms with E-state index in [1.54, 1.807) is 13.8 Å². The van der Waals surface area contributed by atoms with Crippen LogP contribution in [0.25, 0.3) is 0 Å². The van der Waals surface area contributed by atoms with Crippen LogP contribution in [0, 0.1) is 11.6 Å². The lowest BCUT2D eigenvalue weighted by molar-refractivity contribution is 0.187. The quantitative estimate of drug-likeness (QED) is 0.760. The highest BCUT2D eigenvalue weighted by Crippen LogP contribution is 2.15. The van der Waals surface area contributed by atoms with Crippen molar-refractivity contribution in [3.63, 3.8) is 0 Å². The Bertz CT molecular complexity index is 422. The Morgan fingerprint density at radius 1 is 1.41 bits per heavy atom. The molecular formula is C11H14F2N2O2.